The van der Waals surface area contributed by atoms with E-state index in [-0.39, 0.29) is 11.9 Å². The molecular weight excluding hydrogens is 268 g/mol. The van der Waals surface area contributed by atoms with E-state index in [1.54, 1.807) is 0 Å². The molecule has 21 heavy (non-hydrogen) atoms. The lowest BCUT2D eigenvalue weighted by Gasteiger charge is -2.36. The molecule has 6 nitrogen and oxygen atoms in total. The van der Waals surface area contributed by atoms with E-state index < -0.39 is 6.03 Å². The maximum absolute atomic E-state index is 12.1. The van der Waals surface area contributed by atoms with E-state index in [0.717, 1.165) is 26.1 Å². The standard InChI is InChI=1S/C15H30N4O2/c1-5-16-15(21)18-14(20)12(4)19-8-6-7-13(10-19)9-17-11(2)3/h11-13,17H,5-10H2,1-4H3,(H2,16,18,20,21). The molecule has 1 fully saturated rings. The lowest BCUT2D eigenvalue weighted by atomic mass is 9.96. The third-order valence-corrected chi connectivity index (χ3v) is 3.87. The normalized spacial score (nSPS) is 21.1. The fourth-order valence-corrected chi connectivity index (χ4v) is 2.60. The highest BCUT2D eigenvalue weighted by molar-refractivity contribution is 5.96. The summed E-state index contributed by atoms with van der Waals surface area (Å²) in [6, 6.07) is -0.197. The van der Waals surface area contributed by atoms with E-state index in [9.17, 15) is 9.59 Å². The van der Waals surface area contributed by atoms with Crippen molar-refractivity contribution in [3.8, 4) is 0 Å². The Morgan fingerprint density at radius 3 is 2.62 bits per heavy atom. The second-order valence-corrected chi connectivity index (χ2v) is 6.09. The van der Waals surface area contributed by atoms with Gasteiger partial charge in [-0.25, -0.2) is 4.79 Å². The molecule has 0 radical (unpaired) electrons. The van der Waals surface area contributed by atoms with Gasteiger partial charge in [0.2, 0.25) is 5.91 Å². The molecule has 0 saturated carbocycles. The Hall–Kier alpha value is -1.14. The first kappa shape index (κ1) is 17.9. The maximum atomic E-state index is 12.1. The Balaban J connectivity index is 2.43. The Labute approximate surface area is 128 Å². The average Bonchev–Trinajstić information content (AvgIpc) is 2.44. The van der Waals surface area contributed by atoms with Crippen LogP contribution in [0.2, 0.25) is 0 Å². The highest BCUT2D eigenvalue weighted by atomic mass is 16.2. The molecule has 0 spiro atoms. The van der Waals surface area contributed by atoms with Gasteiger partial charge in [-0.2, -0.15) is 0 Å². The smallest absolute Gasteiger partial charge is 0.321 e. The van der Waals surface area contributed by atoms with Crippen molar-refractivity contribution in [1.82, 2.24) is 20.9 Å². The lowest BCUT2D eigenvalue weighted by molar-refractivity contribution is -0.125. The van der Waals surface area contributed by atoms with E-state index in [4.69, 9.17) is 0 Å². The van der Waals surface area contributed by atoms with Gasteiger partial charge >= 0.3 is 6.03 Å². The topological polar surface area (TPSA) is 73.5 Å². The minimum absolute atomic E-state index is 0.224. The van der Waals surface area contributed by atoms with E-state index in [1.807, 2.05) is 13.8 Å². The van der Waals surface area contributed by atoms with Crippen LogP contribution < -0.4 is 16.0 Å². The Kier molecular flexibility index (Phi) is 7.67. The number of amides is 3. The fraction of sp³-hybridized carbons (Fsp3) is 0.867. The van der Waals surface area contributed by atoms with Gasteiger partial charge in [0.25, 0.3) is 0 Å². The van der Waals surface area contributed by atoms with E-state index in [2.05, 4.69) is 34.7 Å². The van der Waals surface area contributed by atoms with Crippen LogP contribution >= 0.6 is 0 Å². The number of hydrogen-bond donors (Lipinski definition) is 3. The van der Waals surface area contributed by atoms with Gasteiger partial charge in [0.15, 0.2) is 0 Å². The van der Waals surface area contributed by atoms with Gasteiger partial charge in [0, 0.05) is 19.1 Å². The third kappa shape index (κ3) is 6.44. The summed E-state index contributed by atoms with van der Waals surface area (Å²) in [5.74, 6) is 0.347. The number of rotatable bonds is 6. The molecular formula is C15H30N4O2. The number of nitrogens with zero attached hydrogens (tertiary/aromatic N) is 1. The van der Waals surface area contributed by atoms with Crippen molar-refractivity contribution < 1.29 is 9.59 Å². The lowest BCUT2D eigenvalue weighted by Crippen LogP contribution is -2.52. The van der Waals surface area contributed by atoms with E-state index >= 15 is 0 Å². The van der Waals surface area contributed by atoms with Crippen molar-refractivity contribution >= 4 is 11.9 Å². The number of hydrogen-bond acceptors (Lipinski definition) is 4. The minimum atomic E-state index is -0.413. The zero-order chi connectivity index (χ0) is 15.8. The van der Waals surface area contributed by atoms with Crippen molar-refractivity contribution in [2.75, 3.05) is 26.2 Å². The number of imide groups is 1. The van der Waals surface area contributed by atoms with Crippen LogP contribution in [0.25, 0.3) is 0 Å². The average molecular weight is 298 g/mol. The van der Waals surface area contributed by atoms with Crippen molar-refractivity contribution in [1.29, 1.82) is 0 Å². The summed E-state index contributed by atoms with van der Waals surface area (Å²) in [5.41, 5.74) is 0. The summed E-state index contributed by atoms with van der Waals surface area (Å²) < 4.78 is 0. The SMILES string of the molecule is CCNC(=O)NC(=O)C(C)N1CCCC(CNC(C)C)C1. The molecule has 0 aromatic heterocycles. The summed E-state index contributed by atoms with van der Waals surface area (Å²) in [4.78, 5) is 25.7. The summed E-state index contributed by atoms with van der Waals surface area (Å²) >= 11 is 0. The zero-order valence-electron chi connectivity index (χ0n) is 13.7. The van der Waals surface area contributed by atoms with Crippen LogP contribution in [0.15, 0.2) is 0 Å². The van der Waals surface area contributed by atoms with Crippen LogP contribution in [-0.2, 0) is 4.79 Å². The molecule has 122 valence electrons. The Morgan fingerprint density at radius 2 is 2.00 bits per heavy atom. The predicted molar refractivity (Wildman–Crippen MR) is 84.1 cm³/mol. The molecule has 6 heteroatoms. The largest absolute Gasteiger partial charge is 0.338 e. The predicted octanol–water partition coefficient (Wildman–Crippen LogP) is 0.931. The Morgan fingerprint density at radius 1 is 1.29 bits per heavy atom. The summed E-state index contributed by atoms with van der Waals surface area (Å²) in [6.07, 6.45) is 2.30. The van der Waals surface area contributed by atoms with Crippen LogP contribution in [0.5, 0.6) is 0 Å². The first-order valence-electron chi connectivity index (χ1n) is 8.00. The molecule has 1 aliphatic heterocycles. The number of piperidine rings is 1. The van der Waals surface area contributed by atoms with Crippen molar-refractivity contribution in [3.05, 3.63) is 0 Å². The van der Waals surface area contributed by atoms with Gasteiger partial charge in [-0.3, -0.25) is 15.0 Å². The van der Waals surface area contributed by atoms with E-state index in [0.29, 0.717) is 18.5 Å². The second-order valence-electron chi connectivity index (χ2n) is 6.09. The number of carbonyl (C=O) groups is 2. The van der Waals surface area contributed by atoms with Crippen molar-refractivity contribution in [2.24, 2.45) is 5.92 Å². The van der Waals surface area contributed by atoms with Crippen LogP contribution in [0, 0.1) is 5.92 Å². The van der Waals surface area contributed by atoms with Gasteiger partial charge < -0.3 is 10.6 Å². The molecule has 0 aliphatic carbocycles. The molecule has 2 atom stereocenters. The molecule has 0 aromatic rings. The van der Waals surface area contributed by atoms with Gasteiger partial charge in [-0.05, 0) is 45.7 Å². The zero-order valence-corrected chi connectivity index (χ0v) is 13.7. The molecule has 3 amide bonds. The highest BCUT2D eigenvalue weighted by Gasteiger charge is 2.28. The van der Waals surface area contributed by atoms with Crippen LogP contribution in [0.4, 0.5) is 4.79 Å². The van der Waals surface area contributed by atoms with Gasteiger partial charge in [-0.1, -0.05) is 13.8 Å². The van der Waals surface area contributed by atoms with Gasteiger partial charge in [-0.15, -0.1) is 0 Å². The quantitative estimate of drug-likeness (QED) is 0.682. The molecule has 0 aromatic carbocycles. The molecule has 1 aliphatic rings. The van der Waals surface area contributed by atoms with Crippen LogP contribution in [0.3, 0.4) is 0 Å². The molecule has 1 heterocycles. The molecule has 3 N–H and O–H groups in total. The van der Waals surface area contributed by atoms with Crippen molar-refractivity contribution in [2.45, 2.75) is 52.6 Å². The molecule has 1 rings (SSSR count). The van der Waals surface area contributed by atoms with Gasteiger partial charge in [0.1, 0.15) is 0 Å². The summed E-state index contributed by atoms with van der Waals surface area (Å²) in [7, 11) is 0. The number of nitrogens with one attached hydrogen (secondary N) is 3. The summed E-state index contributed by atoms with van der Waals surface area (Å²) in [5, 5.41) is 8.43. The maximum Gasteiger partial charge on any atom is 0.321 e. The van der Waals surface area contributed by atoms with Gasteiger partial charge in [0.05, 0.1) is 6.04 Å². The third-order valence-electron chi connectivity index (χ3n) is 3.87. The number of carbonyl (C=O) groups excluding carboxylic acids is 2. The highest BCUT2D eigenvalue weighted by Crippen LogP contribution is 2.18. The Bertz CT molecular complexity index is 347. The van der Waals surface area contributed by atoms with Crippen LogP contribution in [-0.4, -0.2) is 55.1 Å². The summed E-state index contributed by atoms with van der Waals surface area (Å²) in [6.45, 7) is 11.3. The van der Waals surface area contributed by atoms with E-state index in [1.165, 1.54) is 6.42 Å². The molecule has 0 bridgehead atoms. The molecule has 1 saturated heterocycles. The van der Waals surface area contributed by atoms with Crippen LogP contribution in [0.1, 0.15) is 40.5 Å². The fourth-order valence-electron chi connectivity index (χ4n) is 2.60. The first-order valence-corrected chi connectivity index (χ1v) is 8.00. The number of likely N-dealkylation sites (tertiary alicyclic amines) is 1. The van der Waals surface area contributed by atoms with Crippen molar-refractivity contribution in [3.63, 3.8) is 0 Å². The number of urea groups is 1. The minimum Gasteiger partial charge on any atom is -0.338 e. The second kappa shape index (κ2) is 9.00. The monoisotopic (exact) mass is 298 g/mol. The first-order chi connectivity index (χ1) is 9.93. The molecule has 2 unspecified atom stereocenters.